The number of Topliss-reactive ketones (excluding diaryl/α,β-unsaturated/α-hetero) is 1. The van der Waals surface area contributed by atoms with Crippen LogP contribution in [-0.2, 0) is 14.3 Å². The smallest absolute Gasteiger partial charge is 0.356 e. The Hall–Kier alpha value is -3.62. The van der Waals surface area contributed by atoms with Crippen molar-refractivity contribution in [3.8, 4) is 0 Å². The summed E-state index contributed by atoms with van der Waals surface area (Å²) >= 11 is 0. The lowest BCUT2D eigenvalue weighted by Crippen LogP contribution is -2.36. The van der Waals surface area contributed by atoms with Gasteiger partial charge < -0.3 is 14.5 Å². The first-order valence-electron chi connectivity index (χ1n) is 13.8. The molecule has 2 aromatic heterocycles. The van der Waals surface area contributed by atoms with E-state index < -0.39 is 0 Å². The molecule has 0 aromatic carbocycles. The van der Waals surface area contributed by atoms with Crippen LogP contribution in [0.3, 0.4) is 0 Å². The number of carbonyl (C=O) groups excluding carboxylic acids is 4. The molecule has 2 fully saturated rings. The van der Waals surface area contributed by atoms with Crippen LogP contribution in [0.25, 0.3) is 0 Å². The van der Waals surface area contributed by atoms with Gasteiger partial charge in [0.2, 0.25) is 11.8 Å². The average Bonchev–Trinajstić information content (AvgIpc) is 2.95. The fraction of sp³-hybridized carbons (Fsp3) is 0.533. The second-order valence-electron chi connectivity index (χ2n) is 9.66. The van der Waals surface area contributed by atoms with Crippen LogP contribution < -0.4 is 0 Å². The third-order valence-corrected chi connectivity index (χ3v) is 6.37. The molecule has 2 saturated heterocycles. The van der Waals surface area contributed by atoms with Gasteiger partial charge in [0.1, 0.15) is 11.4 Å². The molecule has 0 unspecified atom stereocenters. The van der Waals surface area contributed by atoms with Crippen molar-refractivity contribution in [3.05, 3.63) is 59.2 Å². The number of rotatable bonds is 5. The summed E-state index contributed by atoms with van der Waals surface area (Å²) in [5, 5.41) is 0. The first kappa shape index (κ1) is 31.6. The molecule has 0 aliphatic carbocycles. The summed E-state index contributed by atoms with van der Waals surface area (Å²) in [6.07, 6.45) is 6.89. The second-order valence-corrected chi connectivity index (χ2v) is 9.66. The van der Waals surface area contributed by atoms with Gasteiger partial charge in [0.15, 0.2) is 5.78 Å². The van der Waals surface area contributed by atoms with Crippen LogP contribution in [0.4, 0.5) is 0 Å². The number of amides is 2. The van der Waals surface area contributed by atoms with E-state index in [4.69, 9.17) is 4.74 Å². The highest BCUT2D eigenvalue weighted by Gasteiger charge is 2.20. The third kappa shape index (κ3) is 11.8. The molecule has 0 atom stereocenters. The fourth-order valence-electron chi connectivity index (χ4n) is 4.25. The van der Waals surface area contributed by atoms with Gasteiger partial charge in [-0.15, -0.1) is 0 Å². The Morgan fingerprint density at radius 3 is 1.69 bits per heavy atom. The highest BCUT2D eigenvalue weighted by atomic mass is 16.5. The summed E-state index contributed by atoms with van der Waals surface area (Å²) in [6, 6.07) is 10.6. The molecule has 4 heterocycles. The highest BCUT2D eigenvalue weighted by Crippen LogP contribution is 2.11. The Balaban J connectivity index is 0.000000220. The molecule has 4 rings (SSSR count). The summed E-state index contributed by atoms with van der Waals surface area (Å²) in [4.78, 5) is 57.6. The van der Waals surface area contributed by atoms with E-state index in [1.165, 1.54) is 25.7 Å². The van der Waals surface area contributed by atoms with Crippen molar-refractivity contribution in [3.63, 3.8) is 0 Å². The van der Waals surface area contributed by atoms with E-state index in [1.54, 1.807) is 43.0 Å². The zero-order chi connectivity index (χ0) is 28.6. The minimum atomic E-state index is -0.360. The standard InChI is InChI=1S/C14H18N2O2.C9H11NO2.C7H13NO/c1-11-6-5-7-12(15-11)13(17)10-14(18)16-8-3-2-4-9-16;1-3-12-9(11)8-6-4-5-7(2)10-8;1-7(9)8-5-3-2-4-6-8/h5-7H,2-4,8-10H2,1H3;4-6H,3H2,1-2H3;2-6H2,1H3. The molecule has 2 amide bonds. The van der Waals surface area contributed by atoms with Crippen LogP contribution in [-0.4, -0.2) is 76.1 Å². The van der Waals surface area contributed by atoms with Crippen LogP contribution in [0.1, 0.15) is 91.2 Å². The Bertz CT molecular complexity index is 1090. The first-order chi connectivity index (χ1) is 18.7. The molecule has 0 spiro atoms. The number of ether oxygens (including phenoxy) is 1. The Kier molecular flexibility index (Phi) is 13.8. The number of hydrogen-bond donors (Lipinski definition) is 0. The molecular weight excluding hydrogens is 496 g/mol. The van der Waals surface area contributed by atoms with Gasteiger partial charge in [0.25, 0.3) is 0 Å². The van der Waals surface area contributed by atoms with Crippen LogP contribution in [0.5, 0.6) is 0 Å². The van der Waals surface area contributed by atoms with Gasteiger partial charge in [-0.1, -0.05) is 12.1 Å². The second kappa shape index (κ2) is 17.1. The lowest BCUT2D eigenvalue weighted by Gasteiger charge is -2.26. The summed E-state index contributed by atoms with van der Waals surface area (Å²) in [5.41, 5.74) is 2.38. The van der Waals surface area contributed by atoms with Crippen LogP contribution in [0.15, 0.2) is 36.4 Å². The number of hydrogen-bond acceptors (Lipinski definition) is 7. The van der Waals surface area contributed by atoms with Gasteiger partial charge in [0, 0.05) is 44.5 Å². The Labute approximate surface area is 232 Å². The first-order valence-corrected chi connectivity index (χ1v) is 13.8. The zero-order valence-electron chi connectivity index (χ0n) is 23.8. The number of likely N-dealkylation sites (tertiary alicyclic amines) is 2. The molecule has 9 heteroatoms. The summed E-state index contributed by atoms with van der Waals surface area (Å²) in [6.45, 7) is 11.0. The van der Waals surface area contributed by atoms with Crippen molar-refractivity contribution >= 4 is 23.6 Å². The monoisotopic (exact) mass is 538 g/mol. The van der Waals surface area contributed by atoms with Gasteiger partial charge >= 0.3 is 5.97 Å². The van der Waals surface area contributed by atoms with Crippen LogP contribution in [0.2, 0.25) is 0 Å². The molecule has 0 saturated carbocycles. The Morgan fingerprint density at radius 1 is 0.744 bits per heavy atom. The number of aromatic nitrogens is 2. The van der Waals surface area contributed by atoms with Gasteiger partial charge in [-0.2, -0.15) is 0 Å². The van der Waals surface area contributed by atoms with E-state index in [1.807, 2.05) is 30.9 Å². The van der Waals surface area contributed by atoms with Crippen LogP contribution >= 0.6 is 0 Å². The van der Waals surface area contributed by atoms with E-state index in [0.717, 1.165) is 50.4 Å². The molecule has 2 aliphatic heterocycles. The van der Waals surface area contributed by atoms with E-state index in [2.05, 4.69) is 9.97 Å². The van der Waals surface area contributed by atoms with E-state index in [-0.39, 0.29) is 30.0 Å². The lowest BCUT2D eigenvalue weighted by atomic mass is 10.1. The topological polar surface area (TPSA) is 110 Å². The van der Waals surface area contributed by atoms with E-state index in [9.17, 15) is 19.2 Å². The van der Waals surface area contributed by atoms with E-state index in [0.29, 0.717) is 18.0 Å². The van der Waals surface area contributed by atoms with Crippen molar-refractivity contribution in [2.75, 3.05) is 32.8 Å². The van der Waals surface area contributed by atoms with Gasteiger partial charge in [-0.3, -0.25) is 19.4 Å². The Morgan fingerprint density at radius 2 is 1.23 bits per heavy atom. The quantitative estimate of drug-likeness (QED) is 0.312. The van der Waals surface area contributed by atoms with Crippen molar-refractivity contribution < 1.29 is 23.9 Å². The number of esters is 1. The molecular formula is C30H42N4O5. The molecule has 2 aromatic rings. The number of pyridine rings is 2. The number of nitrogens with zero attached hydrogens (tertiary/aromatic N) is 4. The fourth-order valence-corrected chi connectivity index (χ4v) is 4.25. The minimum absolute atomic E-state index is 0.0591. The largest absolute Gasteiger partial charge is 0.461 e. The summed E-state index contributed by atoms with van der Waals surface area (Å²) in [7, 11) is 0. The SMILES string of the molecule is CC(=O)N1CCCCC1.CCOC(=O)c1cccc(C)n1.Cc1cccc(C(=O)CC(=O)N2CCCCC2)n1. The molecule has 212 valence electrons. The number of carbonyl (C=O) groups is 4. The van der Waals surface area contributed by atoms with Crippen LogP contribution in [0, 0.1) is 13.8 Å². The molecule has 0 radical (unpaired) electrons. The lowest BCUT2D eigenvalue weighted by molar-refractivity contribution is -0.131. The molecule has 2 aliphatic rings. The molecule has 0 N–H and O–H groups in total. The highest BCUT2D eigenvalue weighted by molar-refractivity contribution is 6.06. The van der Waals surface area contributed by atoms with E-state index >= 15 is 0 Å². The number of aryl methyl sites for hydroxylation is 2. The maximum atomic E-state index is 11.9. The number of ketones is 1. The maximum Gasteiger partial charge on any atom is 0.356 e. The normalized spacial score (nSPS) is 14.7. The third-order valence-electron chi connectivity index (χ3n) is 6.37. The average molecular weight is 539 g/mol. The minimum Gasteiger partial charge on any atom is -0.461 e. The zero-order valence-corrected chi connectivity index (χ0v) is 23.8. The van der Waals surface area contributed by atoms with Gasteiger partial charge in [-0.25, -0.2) is 9.78 Å². The summed E-state index contributed by atoms with van der Waals surface area (Å²) in [5.74, 6) is -0.381. The van der Waals surface area contributed by atoms with Crippen molar-refractivity contribution in [1.82, 2.24) is 19.8 Å². The predicted octanol–water partition coefficient (Wildman–Crippen LogP) is 4.56. The number of piperidine rings is 2. The van der Waals surface area contributed by atoms with Gasteiger partial charge in [-0.05, 0) is 83.6 Å². The maximum absolute atomic E-state index is 11.9. The predicted molar refractivity (Wildman–Crippen MR) is 149 cm³/mol. The van der Waals surface area contributed by atoms with Crippen molar-refractivity contribution in [1.29, 1.82) is 0 Å². The molecule has 39 heavy (non-hydrogen) atoms. The van der Waals surface area contributed by atoms with Crippen molar-refractivity contribution in [2.24, 2.45) is 0 Å². The molecule has 0 bridgehead atoms. The van der Waals surface area contributed by atoms with Crippen molar-refractivity contribution in [2.45, 2.75) is 72.6 Å². The van der Waals surface area contributed by atoms with Gasteiger partial charge in [0.05, 0.1) is 13.0 Å². The summed E-state index contributed by atoms with van der Waals surface area (Å²) < 4.78 is 4.78. The molecule has 9 nitrogen and oxygen atoms in total.